The van der Waals surface area contributed by atoms with E-state index >= 15 is 0 Å². The molecule has 0 radical (unpaired) electrons. The Kier molecular flexibility index (Phi) is 25.5. The van der Waals surface area contributed by atoms with Crippen LogP contribution < -0.4 is 25.4 Å². The largest absolute Gasteiger partial charge is 0.481 e. The summed E-state index contributed by atoms with van der Waals surface area (Å²) in [4.78, 5) is 38.8. The van der Waals surface area contributed by atoms with E-state index in [-0.39, 0.29) is 24.8 Å². The van der Waals surface area contributed by atoms with Crippen LogP contribution in [0, 0.1) is 0 Å². The molecule has 0 spiro atoms. The zero-order valence-corrected chi connectivity index (χ0v) is 41.7. The van der Waals surface area contributed by atoms with E-state index in [1.165, 1.54) is 25.8 Å². The molecule has 0 saturated carbocycles. The number of ether oxygens (including phenoxy) is 2. The number of esters is 2. The highest BCUT2D eigenvalue weighted by Gasteiger charge is 2.19. The molecule has 0 amide bonds. The Morgan fingerprint density at radius 1 is 0.877 bits per heavy atom. The van der Waals surface area contributed by atoms with Crippen LogP contribution in [0.1, 0.15) is 76.4 Å². The molecule has 5 N–H and O–H groups in total. The fraction of sp³-hybridized carbons (Fsp3) is 0.400. The summed E-state index contributed by atoms with van der Waals surface area (Å²) in [6.07, 6.45) is 6.04. The summed E-state index contributed by atoms with van der Waals surface area (Å²) in [6, 6.07) is 27.6. The maximum Gasteiger partial charge on any atom is 0.310 e. The molecule has 65 heavy (non-hydrogen) atoms. The lowest BCUT2D eigenvalue weighted by Crippen LogP contribution is -2.50. The number of thiazole rings is 1. The number of rotatable bonds is 20. The number of fused-ring (bicyclic) bond motifs is 2. The maximum absolute atomic E-state index is 11.4. The molecule has 15 heteroatoms. The van der Waals surface area contributed by atoms with E-state index in [1.807, 2.05) is 109 Å². The third kappa shape index (κ3) is 19.3. The number of aryl methyl sites for hydroxylation is 1. The summed E-state index contributed by atoms with van der Waals surface area (Å²) in [5.41, 5.74) is 10.3. The number of carboxylic acid groups (broad SMARTS) is 1. The van der Waals surface area contributed by atoms with Crippen molar-refractivity contribution >= 4 is 97.6 Å². The number of quaternary nitrogens is 1. The van der Waals surface area contributed by atoms with Crippen LogP contribution in [0.5, 0.6) is 0 Å². The number of nitrogens with zero attached hydrogens (tertiary/aromatic N) is 3. The van der Waals surface area contributed by atoms with Crippen molar-refractivity contribution in [2.45, 2.75) is 84.6 Å². The Morgan fingerprint density at radius 3 is 2.05 bits per heavy atom. The van der Waals surface area contributed by atoms with Gasteiger partial charge in [-0.1, -0.05) is 72.3 Å². The Hall–Kier alpha value is -4.79. The van der Waals surface area contributed by atoms with Crippen molar-refractivity contribution < 1.29 is 39.3 Å². The van der Waals surface area contributed by atoms with Crippen molar-refractivity contribution in [1.82, 2.24) is 0 Å². The first-order valence-corrected chi connectivity index (χ1v) is 24.9. The Morgan fingerprint density at radius 2 is 1.49 bits per heavy atom. The van der Waals surface area contributed by atoms with E-state index < -0.39 is 5.97 Å². The van der Waals surface area contributed by atoms with Gasteiger partial charge in [-0.2, -0.15) is 4.57 Å². The molecule has 0 unspecified atom stereocenters. The maximum atomic E-state index is 11.4. The molecule has 0 saturated heterocycles. The molecular weight excluding hydrogens is 902 g/mol. The minimum absolute atomic E-state index is 0.110. The first-order chi connectivity index (χ1) is 31.4. The Labute approximate surface area is 403 Å². The number of hydrogen-bond donors (Lipinski definition) is 3. The van der Waals surface area contributed by atoms with Crippen LogP contribution in [0.25, 0.3) is 16.3 Å². The number of aliphatic carboxylic acids is 1. The lowest BCUT2D eigenvalue weighted by Gasteiger charge is -2.22. The van der Waals surface area contributed by atoms with Crippen LogP contribution in [-0.2, 0) is 43.2 Å². The third-order valence-corrected chi connectivity index (χ3v) is 12.6. The fourth-order valence-corrected chi connectivity index (χ4v) is 9.13. The molecule has 1 aliphatic heterocycles. The van der Waals surface area contributed by atoms with Gasteiger partial charge in [-0.05, 0) is 99.8 Å². The number of halogens is 2. The molecule has 0 atom stereocenters. The number of anilines is 3. The molecule has 352 valence electrons. The molecule has 2 heterocycles. The summed E-state index contributed by atoms with van der Waals surface area (Å²) in [5.74, 6) is -0.149. The molecule has 5 aromatic rings. The highest BCUT2D eigenvalue weighted by molar-refractivity contribution is 7.99. The number of carbonyl (C=O) groups is 3. The Balaban J connectivity index is 0.000000233. The SMILES string of the molecule is C=Cc1sc2ccc(Cl)cc2[n+]1CCCC[NH3+].CCCNc1ccc(CC(=O)OCC)cc1.CCN1CSc2cc(Cl)ccc21.CCOC(=O)Cc1ccc(N(CC)CCC(=O)O)cc1. The van der Waals surface area contributed by atoms with Crippen LogP contribution in [-0.4, -0.2) is 74.8 Å². The quantitative estimate of drug-likeness (QED) is 0.0392. The zero-order valence-electron chi connectivity index (χ0n) is 38.6. The highest BCUT2D eigenvalue weighted by atomic mass is 35.5. The number of nitrogens with one attached hydrogen (secondary N) is 1. The molecule has 0 aliphatic carbocycles. The van der Waals surface area contributed by atoms with Gasteiger partial charge in [0.25, 0.3) is 5.01 Å². The highest BCUT2D eigenvalue weighted by Crippen LogP contribution is 2.39. The molecule has 0 bridgehead atoms. The summed E-state index contributed by atoms with van der Waals surface area (Å²) in [6.45, 7) is 19.8. The van der Waals surface area contributed by atoms with Gasteiger partial charge in [0.05, 0.1) is 50.6 Å². The van der Waals surface area contributed by atoms with Gasteiger partial charge in [0, 0.05) is 77.5 Å². The van der Waals surface area contributed by atoms with Crippen molar-refractivity contribution in [2.24, 2.45) is 0 Å². The minimum Gasteiger partial charge on any atom is -0.481 e. The molecule has 1 aliphatic rings. The summed E-state index contributed by atoms with van der Waals surface area (Å²) >= 11 is 15.6. The van der Waals surface area contributed by atoms with E-state index in [1.54, 1.807) is 18.3 Å². The average Bonchev–Trinajstić information content (AvgIpc) is 3.87. The van der Waals surface area contributed by atoms with Crippen molar-refractivity contribution in [3.63, 3.8) is 0 Å². The lowest BCUT2D eigenvalue weighted by atomic mass is 10.1. The fourth-order valence-electron chi connectivity index (χ4n) is 6.54. The molecule has 11 nitrogen and oxygen atoms in total. The summed E-state index contributed by atoms with van der Waals surface area (Å²) in [7, 11) is 0. The Bertz CT molecular complexity index is 2220. The molecule has 6 rings (SSSR count). The van der Waals surface area contributed by atoms with Crippen LogP contribution >= 0.6 is 46.3 Å². The molecule has 1 aromatic heterocycles. The lowest BCUT2D eigenvalue weighted by molar-refractivity contribution is -0.669. The topological polar surface area (TPSA) is 140 Å². The van der Waals surface area contributed by atoms with Crippen molar-refractivity contribution in [3.05, 3.63) is 118 Å². The van der Waals surface area contributed by atoms with Crippen LogP contribution in [0.15, 0.2) is 96.4 Å². The van der Waals surface area contributed by atoms with Crippen LogP contribution in [0.4, 0.5) is 17.1 Å². The predicted molar refractivity (Wildman–Crippen MR) is 272 cm³/mol. The van der Waals surface area contributed by atoms with Gasteiger partial charge in [-0.25, -0.2) is 0 Å². The van der Waals surface area contributed by atoms with E-state index in [0.29, 0.717) is 26.2 Å². The predicted octanol–water partition coefficient (Wildman–Crippen LogP) is 10.4. The number of carboxylic acids is 1. The minimum atomic E-state index is -0.803. The van der Waals surface area contributed by atoms with Crippen LogP contribution in [0.2, 0.25) is 10.0 Å². The number of benzene rings is 4. The second-order valence-electron chi connectivity index (χ2n) is 14.7. The number of hydrogen-bond acceptors (Lipinski definition) is 10. The van der Waals surface area contributed by atoms with Gasteiger partial charge in [0.1, 0.15) is 4.70 Å². The van der Waals surface area contributed by atoms with Gasteiger partial charge in [-0.15, -0.1) is 11.8 Å². The normalized spacial score (nSPS) is 11.2. The van der Waals surface area contributed by atoms with Crippen molar-refractivity contribution in [2.75, 3.05) is 66.9 Å². The number of thioether (sulfide) groups is 1. The summed E-state index contributed by atoms with van der Waals surface area (Å²) < 4.78 is 13.3. The number of aromatic nitrogens is 1. The second-order valence-corrected chi connectivity index (χ2v) is 17.6. The molecular formula is C50H67Cl2N5O6S2+2. The van der Waals surface area contributed by atoms with E-state index in [0.717, 1.165) is 90.4 Å². The van der Waals surface area contributed by atoms with Crippen LogP contribution in [0.3, 0.4) is 0 Å². The first-order valence-electron chi connectivity index (χ1n) is 22.3. The smallest absolute Gasteiger partial charge is 0.310 e. The van der Waals surface area contributed by atoms with Gasteiger partial charge >= 0.3 is 17.9 Å². The first kappa shape index (κ1) is 54.5. The van der Waals surface area contributed by atoms with E-state index in [9.17, 15) is 14.4 Å². The van der Waals surface area contributed by atoms with Crippen molar-refractivity contribution in [1.29, 1.82) is 0 Å². The summed E-state index contributed by atoms with van der Waals surface area (Å²) in [5, 5.41) is 14.8. The van der Waals surface area contributed by atoms with Gasteiger partial charge in [-0.3, -0.25) is 14.4 Å². The van der Waals surface area contributed by atoms with Gasteiger partial charge in [0.15, 0.2) is 6.54 Å². The number of carbonyl (C=O) groups excluding carboxylic acids is 2. The molecule has 0 fully saturated rings. The van der Waals surface area contributed by atoms with Crippen molar-refractivity contribution in [3.8, 4) is 0 Å². The average molecular weight is 969 g/mol. The zero-order chi connectivity index (χ0) is 47.6. The monoisotopic (exact) mass is 967 g/mol. The second kappa shape index (κ2) is 30.4. The third-order valence-electron chi connectivity index (χ3n) is 9.89. The number of unbranched alkanes of at least 4 members (excludes halogenated alkanes) is 1. The molecule has 4 aromatic carbocycles. The van der Waals surface area contributed by atoms with E-state index in [2.05, 4.69) is 53.1 Å². The van der Waals surface area contributed by atoms with E-state index in [4.69, 9.17) is 37.8 Å². The van der Waals surface area contributed by atoms with Gasteiger partial charge < -0.3 is 35.4 Å². The van der Waals surface area contributed by atoms with Gasteiger partial charge in [0.2, 0.25) is 5.52 Å². The standard InChI is InChI=1S/C15H21NO4.C13H16ClN2S.C13H19NO2.C9H10ClNS/c1-3-16(10-9-14(17)18)13-7-5-12(6-8-13)11-15(19)20-4-2;1-2-13-16(8-4-3-7-15)11-9-10(14)5-6-12(11)17-13;1-3-9-14-12-7-5-11(6-8-12)10-13(15)16-4-2;1-2-11-6-12-9-5-7(10)3-4-8(9)11/h5-8H,3-4,9-11H2,1-2H3,(H,17,18);2,5-6,9H,1,3-4,7-8,15H2;5-8,14H,3-4,9-10H2,1-2H3;3-5H,2,6H2,1H3/q;+1;;/p+1.